The van der Waals surface area contributed by atoms with E-state index < -0.39 is 5.92 Å². The zero-order chi connectivity index (χ0) is 20.8. The molecule has 3 atom stereocenters. The van der Waals surface area contributed by atoms with Gasteiger partial charge in [0.15, 0.2) is 0 Å². The molecule has 0 radical (unpaired) electrons. The standard InChI is InChI=1S/C26H31NO3/c28-25(27-17-22-13-7-8-14-23(22)18-27)16-24(15-20-9-3-1-4-10-20)26(29)30-19-21-11-5-2-6-12-21/h1-6,9-12,22-24H,7-8,13-19H2. The summed E-state index contributed by atoms with van der Waals surface area (Å²) in [5, 5.41) is 0. The first-order valence-corrected chi connectivity index (χ1v) is 11.2. The second kappa shape index (κ2) is 9.92. The number of likely N-dealkylation sites (tertiary alicyclic amines) is 1. The number of carbonyl (C=O) groups is 2. The van der Waals surface area contributed by atoms with Crippen LogP contribution in [0.2, 0.25) is 0 Å². The van der Waals surface area contributed by atoms with E-state index in [-0.39, 0.29) is 24.9 Å². The van der Waals surface area contributed by atoms with Crippen molar-refractivity contribution in [3.05, 3.63) is 71.8 Å². The fourth-order valence-corrected chi connectivity index (χ4v) is 4.93. The number of rotatable bonds is 7. The highest BCUT2D eigenvalue weighted by molar-refractivity contribution is 5.83. The summed E-state index contributed by atoms with van der Waals surface area (Å²) < 4.78 is 5.61. The minimum Gasteiger partial charge on any atom is -0.461 e. The number of esters is 1. The molecule has 2 aliphatic rings. The van der Waals surface area contributed by atoms with Crippen LogP contribution in [0.5, 0.6) is 0 Å². The van der Waals surface area contributed by atoms with Crippen LogP contribution in [0, 0.1) is 17.8 Å². The van der Waals surface area contributed by atoms with Crippen molar-refractivity contribution < 1.29 is 14.3 Å². The lowest BCUT2D eigenvalue weighted by atomic mass is 9.82. The van der Waals surface area contributed by atoms with Crippen molar-refractivity contribution in [3.8, 4) is 0 Å². The number of hydrogen-bond acceptors (Lipinski definition) is 3. The number of nitrogens with zero attached hydrogens (tertiary/aromatic N) is 1. The van der Waals surface area contributed by atoms with Gasteiger partial charge in [0.25, 0.3) is 0 Å². The zero-order valence-corrected chi connectivity index (χ0v) is 17.5. The van der Waals surface area contributed by atoms with Crippen LogP contribution >= 0.6 is 0 Å². The van der Waals surface area contributed by atoms with Crippen molar-refractivity contribution in [2.75, 3.05) is 13.1 Å². The SMILES string of the molecule is O=C(OCc1ccccc1)C(CC(=O)N1CC2CCCCC2C1)Cc1ccccc1. The van der Waals surface area contributed by atoms with E-state index in [1.807, 2.05) is 65.6 Å². The van der Waals surface area contributed by atoms with E-state index in [1.165, 1.54) is 25.7 Å². The molecule has 1 amide bonds. The molecule has 30 heavy (non-hydrogen) atoms. The van der Waals surface area contributed by atoms with Gasteiger partial charge in [0.05, 0.1) is 5.92 Å². The van der Waals surface area contributed by atoms with Crippen LogP contribution in [0.1, 0.15) is 43.2 Å². The van der Waals surface area contributed by atoms with Crippen LogP contribution < -0.4 is 0 Å². The molecule has 2 aromatic rings. The molecule has 0 spiro atoms. The van der Waals surface area contributed by atoms with Crippen molar-refractivity contribution in [1.82, 2.24) is 4.90 Å². The maximum Gasteiger partial charge on any atom is 0.310 e. The highest BCUT2D eigenvalue weighted by Gasteiger charge is 2.37. The first kappa shape index (κ1) is 20.6. The Labute approximate surface area is 179 Å². The zero-order valence-electron chi connectivity index (χ0n) is 17.5. The van der Waals surface area contributed by atoms with Gasteiger partial charge >= 0.3 is 5.97 Å². The lowest BCUT2D eigenvalue weighted by molar-refractivity contribution is -0.152. The Morgan fingerprint density at radius 1 is 0.867 bits per heavy atom. The summed E-state index contributed by atoms with van der Waals surface area (Å²) in [5.41, 5.74) is 2.02. The Morgan fingerprint density at radius 3 is 2.03 bits per heavy atom. The molecule has 0 aromatic heterocycles. The third-order valence-electron chi connectivity index (χ3n) is 6.63. The van der Waals surface area contributed by atoms with Gasteiger partial charge in [-0.05, 0) is 42.2 Å². The summed E-state index contributed by atoms with van der Waals surface area (Å²) in [6.45, 7) is 1.97. The van der Waals surface area contributed by atoms with Crippen molar-refractivity contribution in [3.63, 3.8) is 0 Å². The summed E-state index contributed by atoms with van der Waals surface area (Å²) in [4.78, 5) is 28.0. The Balaban J connectivity index is 1.40. The smallest absolute Gasteiger partial charge is 0.310 e. The van der Waals surface area contributed by atoms with Crippen LogP contribution in [-0.4, -0.2) is 29.9 Å². The van der Waals surface area contributed by atoms with Gasteiger partial charge in [-0.25, -0.2) is 0 Å². The van der Waals surface area contributed by atoms with Gasteiger partial charge < -0.3 is 9.64 Å². The van der Waals surface area contributed by atoms with Crippen LogP contribution in [0.25, 0.3) is 0 Å². The van der Waals surface area contributed by atoms with E-state index in [4.69, 9.17) is 4.74 Å². The molecule has 1 heterocycles. The molecule has 0 bridgehead atoms. The fourth-order valence-electron chi connectivity index (χ4n) is 4.93. The van der Waals surface area contributed by atoms with E-state index in [0.29, 0.717) is 18.3 Å². The average Bonchev–Trinajstić information content (AvgIpc) is 3.23. The van der Waals surface area contributed by atoms with Crippen molar-refractivity contribution in [1.29, 1.82) is 0 Å². The monoisotopic (exact) mass is 405 g/mol. The van der Waals surface area contributed by atoms with Crippen molar-refractivity contribution in [2.24, 2.45) is 17.8 Å². The second-order valence-electron chi connectivity index (χ2n) is 8.79. The molecule has 1 saturated heterocycles. The maximum atomic E-state index is 13.1. The Hall–Kier alpha value is -2.62. The molecule has 1 saturated carbocycles. The predicted molar refractivity (Wildman–Crippen MR) is 117 cm³/mol. The first-order chi connectivity index (χ1) is 14.7. The third kappa shape index (κ3) is 5.29. The van der Waals surface area contributed by atoms with Crippen molar-refractivity contribution >= 4 is 11.9 Å². The Kier molecular flexibility index (Phi) is 6.83. The van der Waals surface area contributed by atoms with E-state index in [9.17, 15) is 9.59 Å². The Bertz CT molecular complexity index is 822. The van der Waals surface area contributed by atoms with Gasteiger partial charge in [0.1, 0.15) is 6.61 Å². The van der Waals surface area contributed by atoms with Crippen LogP contribution in [0.15, 0.2) is 60.7 Å². The summed E-state index contributed by atoms with van der Waals surface area (Å²) in [6, 6.07) is 19.6. The third-order valence-corrected chi connectivity index (χ3v) is 6.63. The van der Waals surface area contributed by atoms with Crippen LogP contribution in [-0.2, 0) is 27.4 Å². The minimum atomic E-state index is -0.453. The molecule has 158 valence electrons. The molecule has 4 nitrogen and oxygen atoms in total. The van der Waals surface area contributed by atoms with E-state index in [1.54, 1.807) is 0 Å². The number of amides is 1. The molecule has 2 fully saturated rings. The number of carbonyl (C=O) groups excluding carboxylic acids is 2. The van der Waals surface area contributed by atoms with Gasteiger partial charge in [0.2, 0.25) is 5.91 Å². The van der Waals surface area contributed by atoms with Crippen molar-refractivity contribution in [2.45, 2.75) is 45.1 Å². The molecule has 1 aliphatic heterocycles. The first-order valence-electron chi connectivity index (χ1n) is 11.2. The van der Waals surface area contributed by atoms with Gasteiger partial charge in [-0.2, -0.15) is 0 Å². The van der Waals surface area contributed by atoms with Gasteiger partial charge in [0, 0.05) is 19.5 Å². The summed E-state index contributed by atoms with van der Waals surface area (Å²) in [7, 11) is 0. The van der Waals surface area contributed by atoms with E-state index >= 15 is 0 Å². The molecular formula is C26H31NO3. The topological polar surface area (TPSA) is 46.6 Å². The molecule has 4 rings (SSSR count). The molecular weight excluding hydrogens is 374 g/mol. The minimum absolute atomic E-state index is 0.0991. The normalized spacial score (nSPS) is 21.7. The predicted octanol–water partition coefficient (Wildman–Crippen LogP) is 4.63. The fraction of sp³-hybridized carbons (Fsp3) is 0.462. The number of benzene rings is 2. The molecule has 1 aliphatic carbocycles. The number of fused-ring (bicyclic) bond motifs is 1. The highest BCUT2D eigenvalue weighted by atomic mass is 16.5. The van der Waals surface area contributed by atoms with Gasteiger partial charge in [-0.15, -0.1) is 0 Å². The largest absolute Gasteiger partial charge is 0.461 e. The number of ether oxygens (including phenoxy) is 1. The quantitative estimate of drug-likeness (QED) is 0.631. The second-order valence-corrected chi connectivity index (χ2v) is 8.79. The molecule has 3 unspecified atom stereocenters. The lowest BCUT2D eigenvalue weighted by Gasteiger charge is -2.22. The van der Waals surface area contributed by atoms with Gasteiger partial charge in [-0.1, -0.05) is 73.5 Å². The molecule has 4 heteroatoms. The highest BCUT2D eigenvalue weighted by Crippen LogP contribution is 2.36. The van der Waals surface area contributed by atoms with Crippen LogP contribution in [0.4, 0.5) is 0 Å². The molecule has 0 N–H and O–H groups in total. The number of hydrogen-bond donors (Lipinski definition) is 0. The lowest BCUT2D eigenvalue weighted by Crippen LogP contribution is -2.33. The average molecular weight is 406 g/mol. The Morgan fingerprint density at radius 2 is 1.43 bits per heavy atom. The van der Waals surface area contributed by atoms with Gasteiger partial charge in [-0.3, -0.25) is 9.59 Å². The molecule has 2 aromatic carbocycles. The van der Waals surface area contributed by atoms with E-state index in [0.717, 1.165) is 24.2 Å². The maximum absolute atomic E-state index is 13.1. The summed E-state index contributed by atoms with van der Waals surface area (Å²) >= 11 is 0. The summed E-state index contributed by atoms with van der Waals surface area (Å²) in [5.74, 6) is 0.668. The van der Waals surface area contributed by atoms with Crippen LogP contribution in [0.3, 0.4) is 0 Å². The van der Waals surface area contributed by atoms with E-state index in [2.05, 4.69) is 0 Å². The summed E-state index contributed by atoms with van der Waals surface area (Å²) in [6.07, 6.45) is 5.79.